The lowest BCUT2D eigenvalue weighted by Gasteiger charge is -2.16. The number of hydrogen-bond acceptors (Lipinski definition) is 5. The molecule has 0 fully saturated rings. The van der Waals surface area contributed by atoms with Crippen LogP contribution in [-0.2, 0) is 16.1 Å². The molecule has 0 saturated carbocycles. The molecule has 1 aromatic heterocycles. The molecule has 0 atom stereocenters. The summed E-state index contributed by atoms with van der Waals surface area (Å²) in [6.07, 6.45) is 0. The van der Waals surface area contributed by atoms with E-state index in [-0.39, 0.29) is 19.6 Å². The molecule has 3 N–H and O–H groups in total. The van der Waals surface area contributed by atoms with Gasteiger partial charge in [0.2, 0.25) is 5.91 Å². The molecule has 0 aliphatic rings. The van der Waals surface area contributed by atoms with Crippen LogP contribution >= 0.6 is 0 Å². The van der Waals surface area contributed by atoms with Gasteiger partial charge in [0.1, 0.15) is 5.76 Å². The highest BCUT2D eigenvalue weighted by molar-refractivity contribution is 5.77. The third-order valence-electron chi connectivity index (χ3n) is 1.80. The number of aromatic nitrogens is 1. The number of aryl methyl sites for hydroxylation is 1. The number of rotatable bonds is 6. The summed E-state index contributed by atoms with van der Waals surface area (Å²) in [5, 5.41) is 12.4. The second-order valence-corrected chi connectivity index (χ2v) is 3.43. The van der Waals surface area contributed by atoms with Crippen molar-refractivity contribution in [2.75, 3.05) is 13.1 Å². The van der Waals surface area contributed by atoms with E-state index in [2.05, 4.69) is 5.16 Å². The largest absolute Gasteiger partial charge is 0.480 e. The molecule has 0 saturated heterocycles. The Morgan fingerprint density at radius 1 is 1.56 bits per heavy atom. The quantitative estimate of drug-likeness (QED) is 0.668. The normalized spacial score (nSPS) is 10.6. The highest BCUT2D eigenvalue weighted by Crippen LogP contribution is 2.05. The lowest BCUT2D eigenvalue weighted by atomic mass is 10.3. The smallest absolute Gasteiger partial charge is 0.317 e. The molecule has 16 heavy (non-hydrogen) atoms. The third-order valence-corrected chi connectivity index (χ3v) is 1.80. The molecule has 1 rings (SSSR count). The Bertz CT molecular complexity index is 372. The number of aliphatic carboxylic acids is 1. The molecule has 0 radical (unpaired) electrons. The van der Waals surface area contributed by atoms with Crippen LogP contribution in [0, 0.1) is 6.92 Å². The van der Waals surface area contributed by atoms with E-state index in [1.165, 1.54) is 4.90 Å². The van der Waals surface area contributed by atoms with Gasteiger partial charge in [0.25, 0.3) is 0 Å². The molecule has 7 nitrogen and oxygen atoms in total. The second kappa shape index (κ2) is 5.26. The van der Waals surface area contributed by atoms with E-state index in [0.29, 0.717) is 11.5 Å². The first-order valence-corrected chi connectivity index (χ1v) is 4.62. The number of nitrogens with two attached hydrogens (primary N) is 1. The summed E-state index contributed by atoms with van der Waals surface area (Å²) in [7, 11) is 0. The maximum Gasteiger partial charge on any atom is 0.317 e. The Balaban J connectivity index is 2.62. The van der Waals surface area contributed by atoms with Crippen LogP contribution in [0.5, 0.6) is 0 Å². The van der Waals surface area contributed by atoms with Gasteiger partial charge in [0.05, 0.1) is 18.8 Å². The van der Waals surface area contributed by atoms with Crippen molar-refractivity contribution in [3.63, 3.8) is 0 Å². The summed E-state index contributed by atoms with van der Waals surface area (Å²) >= 11 is 0. The minimum atomic E-state index is -1.03. The van der Waals surface area contributed by atoms with E-state index in [9.17, 15) is 9.59 Å². The Kier molecular flexibility index (Phi) is 4.01. The van der Waals surface area contributed by atoms with Gasteiger partial charge in [0.15, 0.2) is 0 Å². The molecule has 1 amide bonds. The van der Waals surface area contributed by atoms with Crippen LogP contribution in [0.1, 0.15) is 11.5 Å². The standard InChI is InChI=1S/C9H13N3O4/c1-6-2-7(11-16-6)3-12(4-8(10)13)5-9(14)15/h2H,3-5H2,1H3,(H2,10,13)(H,14,15). The average Bonchev–Trinajstić information content (AvgIpc) is 2.48. The van der Waals surface area contributed by atoms with Gasteiger partial charge >= 0.3 is 5.97 Å². The first kappa shape index (κ1) is 12.2. The maximum atomic E-state index is 10.7. The van der Waals surface area contributed by atoms with Gasteiger partial charge in [0, 0.05) is 12.6 Å². The van der Waals surface area contributed by atoms with E-state index in [1.807, 2.05) is 0 Å². The number of primary amides is 1. The SMILES string of the molecule is Cc1cc(CN(CC(N)=O)CC(=O)O)no1. The molecule has 88 valence electrons. The van der Waals surface area contributed by atoms with Crippen LogP contribution in [-0.4, -0.2) is 40.1 Å². The van der Waals surface area contributed by atoms with Crippen molar-refractivity contribution in [1.29, 1.82) is 0 Å². The Hall–Kier alpha value is -1.89. The average molecular weight is 227 g/mol. The summed E-state index contributed by atoms with van der Waals surface area (Å²) in [5.41, 5.74) is 5.58. The fraction of sp³-hybridized carbons (Fsp3) is 0.444. The number of nitrogens with zero attached hydrogens (tertiary/aromatic N) is 2. The molecule has 0 aliphatic carbocycles. The monoisotopic (exact) mass is 227 g/mol. The summed E-state index contributed by atoms with van der Waals surface area (Å²) < 4.78 is 4.84. The zero-order valence-electron chi connectivity index (χ0n) is 8.84. The number of carboxylic acids is 1. The van der Waals surface area contributed by atoms with Crippen LogP contribution in [0.25, 0.3) is 0 Å². The van der Waals surface area contributed by atoms with Gasteiger partial charge in [-0.25, -0.2) is 0 Å². The van der Waals surface area contributed by atoms with Crippen molar-refractivity contribution >= 4 is 11.9 Å². The van der Waals surface area contributed by atoms with E-state index < -0.39 is 11.9 Å². The number of carbonyl (C=O) groups excluding carboxylic acids is 1. The van der Waals surface area contributed by atoms with E-state index in [0.717, 1.165) is 0 Å². The Morgan fingerprint density at radius 2 is 2.25 bits per heavy atom. The molecule has 0 unspecified atom stereocenters. The maximum absolute atomic E-state index is 10.7. The highest BCUT2D eigenvalue weighted by Gasteiger charge is 2.14. The highest BCUT2D eigenvalue weighted by atomic mass is 16.5. The van der Waals surface area contributed by atoms with Crippen molar-refractivity contribution in [3.05, 3.63) is 17.5 Å². The number of hydrogen-bond donors (Lipinski definition) is 2. The predicted molar refractivity (Wildman–Crippen MR) is 53.3 cm³/mol. The molecule has 0 bridgehead atoms. The molecule has 0 aromatic carbocycles. The molecule has 7 heteroatoms. The van der Waals surface area contributed by atoms with Gasteiger partial charge in [-0.1, -0.05) is 5.16 Å². The lowest BCUT2D eigenvalue weighted by molar-refractivity contribution is -0.138. The van der Waals surface area contributed by atoms with Crippen LogP contribution in [0.15, 0.2) is 10.6 Å². The van der Waals surface area contributed by atoms with E-state index in [1.54, 1.807) is 13.0 Å². The molecular formula is C9H13N3O4. The Labute approximate surface area is 91.8 Å². The first-order chi connectivity index (χ1) is 7.47. The van der Waals surface area contributed by atoms with E-state index in [4.69, 9.17) is 15.4 Å². The molecule has 1 aromatic rings. The van der Waals surface area contributed by atoms with Gasteiger partial charge in [-0.05, 0) is 6.92 Å². The first-order valence-electron chi connectivity index (χ1n) is 4.62. The van der Waals surface area contributed by atoms with Gasteiger partial charge in [-0.3, -0.25) is 14.5 Å². The van der Waals surface area contributed by atoms with Crippen molar-refractivity contribution in [3.8, 4) is 0 Å². The van der Waals surface area contributed by atoms with Crippen LogP contribution in [0.4, 0.5) is 0 Å². The summed E-state index contributed by atoms with van der Waals surface area (Å²) in [6.45, 7) is 1.55. The Morgan fingerprint density at radius 3 is 2.69 bits per heavy atom. The van der Waals surface area contributed by atoms with Crippen molar-refractivity contribution in [2.45, 2.75) is 13.5 Å². The zero-order chi connectivity index (χ0) is 12.1. The fourth-order valence-corrected chi connectivity index (χ4v) is 1.30. The van der Waals surface area contributed by atoms with Crippen LogP contribution in [0.3, 0.4) is 0 Å². The molecular weight excluding hydrogens is 214 g/mol. The minimum absolute atomic E-state index is 0.127. The van der Waals surface area contributed by atoms with Crippen LogP contribution < -0.4 is 5.73 Å². The topological polar surface area (TPSA) is 110 Å². The molecule has 0 aliphatic heterocycles. The summed E-state index contributed by atoms with van der Waals surface area (Å²) in [4.78, 5) is 22.7. The lowest BCUT2D eigenvalue weighted by Crippen LogP contribution is -2.36. The predicted octanol–water partition coefficient (Wildman–Crippen LogP) is -0.645. The number of amides is 1. The molecule has 1 heterocycles. The van der Waals surface area contributed by atoms with Gasteiger partial charge < -0.3 is 15.4 Å². The zero-order valence-corrected chi connectivity index (χ0v) is 8.84. The summed E-state index contributed by atoms with van der Waals surface area (Å²) in [6, 6.07) is 1.68. The number of carboxylic acid groups (broad SMARTS) is 1. The fourth-order valence-electron chi connectivity index (χ4n) is 1.30. The van der Waals surface area contributed by atoms with Crippen molar-refractivity contribution in [2.24, 2.45) is 5.73 Å². The van der Waals surface area contributed by atoms with Crippen LogP contribution in [0.2, 0.25) is 0 Å². The third kappa shape index (κ3) is 4.09. The van der Waals surface area contributed by atoms with Gasteiger partial charge in [-0.15, -0.1) is 0 Å². The minimum Gasteiger partial charge on any atom is -0.480 e. The summed E-state index contributed by atoms with van der Waals surface area (Å²) in [5.74, 6) is -0.979. The van der Waals surface area contributed by atoms with E-state index >= 15 is 0 Å². The van der Waals surface area contributed by atoms with Crippen molar-refractivity contribution in [1.82, 2.24) is 10.1 Å². The van der Waals surface area contributed by atoms with Crippen molar-refractivity contribution < 1.29 is 19.2 Å². The number of carbonyl (C=O) groups is 2. The van der Waals surface area contributed by atoms with Gasteiger partial charge in [-0.2, -0.15) is 0 Å². The second-order valence-electron chi connectivity index (χ2n) is 3.43. The molecule has 0 spiro atoms.